The lowest BCUT2D eigenvalue weighted by Crippen LogP contribution is -2.61. The van der Waals surface area contributed by atoms with E-state index in [4.69, 9.17) is 19.2 Å². The quantitative estimate of drug-likeness (QED) is 0.110. The van der Waals surface area contributed by atoms with Crippen LogP contribution in [0.5, 0.6) is 0 Å². The Balaban J connectivity index is 1.33. The van der Waals surface area contributed by atoms with Gasteiger partial charge < -0.3 is 29.0 Å². The first kappa shape index (κ1) is 47.5. The fourth-order valence-electron chi connectivity index (χ4n) is 9.18. The summed E-state index contributed by atoms with van der Waals surface area (Å²) in [6, 6.07) is 12.5. The molecule has 2 fully saturated rings. The number of fused-ring (bicyclic) bond motifs is 6. The van der Waals surface area contributed by atoms with Gasteiger partial charge in [-0.25, -0.2) is 14.2 Å². The van der Waals surface area contributed by atoms with Gasteiger partial charge in [-0.3, -0.25) is 29.2 Å². The molecule has 5 heterocycles. The number of carbonyl (C=O) groups is 4. The number of hydrogen-bond acceptors (Lipinski definition) is 9. The van der Waals surface area contributed by atoms with Gasteiger partial charge in [0.05, 0.1) is 42.7 Å². The van der Waals surface area contributed by atoms with Crippen molar-refractivity contribution >= 4 is 34.6 Å². The molecular weight excluding hydrogens is 835 g/mol. The number of aryl methyl sites for hydroxylation is 1. The number of amides is 3. The fourth-order valence-corrected chi connectivity index (χ4v) is 9.18. The Labute approximate surface area is 379 Å². The van der Waals surface area contributed by atoms with Crippen LogP contribution in [0, 0.1) is 17.3 Å². The number of rotatable bonds is 12. The normalized spacial score (nSPS) is 20.3. The third-order valence-electron chi connectivity index (χ3n) is 13.0. The van der Waals surface area contributed by atoms with Crippen molar-refractivity contribution in [2.24, 2.45) is 17.3 Å². The summed E-state index contributed by atoms with van der Waals surface area (Å²) in [4.78, 5) is 61.1. The second-order valence-electron chi connectivity index (χ2n) is 18.7. The summed E-state index contributed by atoms with van der Waals surface area (Å²) < 4.78 is 50.0. The topological polar surface area (TPSA) is 144 Å². The molecule has 0 radical (unpaired) electrons. The second-order valence-corrected chi connectivity index (χ2v) is 18.7. The standard InChI is InChI=1S/C50H62F2N6O7/c1-9-43(59)56-25-35(26-56)64-27-39(29(3)4)47(60)54-41-21-31-19-33(22-34(20-31)46(51)52)32-15-16-42-37(23-32)38(45(57(42)10-2)36-13-11-17-53-44(36)30(5)63-8)24-50(6,7)28-65-49(62)40-14-12-18-58(55-40)48(41)61/h9,11,13,15-17,19-20,22-23,29-30,35,39-41,46,55H,1,10,12,14,18,21,24-28H2,2-8H3,(H,54,60)/t30?,39-,40-,41-/m0/s1. The van der Waals surface area contributed by atoms with E-state index < -0.39 is 47.6 Å². The number of alkyl halides is 2. The van der Waals surface area contributed by atoms with Crippen LogP contribution in [0.2, 0.25) is 0 Å². The lowest BCUT2D eigenvalue weighted by atomic mass is 9.84. The average Bonchev–Trinajstić information content (AvgIpc) is 3.58. The first-order chi connectivity index (χ1) is 31.0. The van der Waals surface area contributed by atoms with Crippen LogP contribution in [-0.4, -0.2) is 101 Å². The molecule has 3 aliphatic heterocycles. The number of ether oxygens (including phenoxy) is 3. The van der Waals surface area contributed by atoms with E-state index in [0.717, 1.165) is 33.4 Å². The Kier molecular flexibility index (Phi) is 14.5. The Morgan fingerprint density at radius 1 is 1.09 bits per heavy atom. The van der Waals surface area contributed by atoms with Crippen molar-refractivity contribution in [1.29, 1.82) is 0 Å². The van der Waals surface area contributed by atoms with Gasteiger partial charge >= 0.3 is 5.97 Å². The molecule has 3 amide bonds. The van der Waals surface area contributed by atoms with Gasteiger partial charge in [-0.15, -0.1) is 0 Å². The van der Waals surface area contributed by atoms with Crippen molar-refractivity contribution in [3.05, 3.63) is 89.8 Å². The summed E-state index contributed by atoms with van der Waals surface area (Å²) in [5.74, 6) is -2.53. The molecule has 0 aliphatic carbocycles. The van der Waals surface area contributed by atoms with Crippen molar-refractivity contribution in [2.75, 3.05) is 40.0 Å². The average molecular weight is 897 g/mol. The lowest BCUT2D eigenvalue weighted by Gasteiger charge is -2.39. The molecule has 4 aromatic rings. The van der Waals surface area contributed by atoms with E-state index in [1.165, 1.54) is 23.2 Å². The molecule has 3 aliphatic rings. The first-order valence-electron chi connectivity index (χ1n) is 22.6. The summed E-state index contributed by atoms with van der Waals surface area (Å²) >= 11 is 0. The molecule has 0 spiro atoms. The molecule has 2 saturated heterocycles. The SMILES string of the molecule is C=CC(=O)N1CC(OC[C@H](C(=O)N[C@H]2Cc3cc(cc(C(F)F)c3)-c3ccc4c(c3)c(c(-c3cccnc3C(C)OC)n4CC)CC(C)(C)COC(=O)[C@@H]3CCCN(N3)C2=O)C(C)C)C1. The zero-order valence-electron chi connectivity index (χ0n) is 38.5. The smallest absolute Gasteiger partial charge is 0.324 e. The number of hydrazine groups is 1. The first-order valence-corrected chi connectivity index (χ1v) is 22.6. The Morgan fingerprint density at radius 3 is 2.55 bits per heavy atom. The maximum Gasteiger partial charge on any atom is 0.324 e. The largest absolute Gasteiger partial charge is 0.464 e. The van der Waals surface area contributed by atoms with E-state index in [1.807, 2.05) is 71.0 Å². The number of methoxy groups -OCH3 is 1. The van der Waals surface area contributed by atoms with Gasteiger partial charge in [0.15, 0.2) is 0 Å². The van der Waals surface area contributed by atoms with Gasteiger partial charge in [-0.05, 0) is 97.7 Å². The minimum absolute atomic E-state index is 0.0435. The monoisotopic (exact) mass is 896 g/mol. The number of aromatic nitrogens is 2. The number of hydrogen-bond donors (Lipinski definition) is 2. The van der Waals surface area contributed by atoms with Gasteiger partial charge in [0, 0.05) is 73.4 Å². The summed E-state index contributed by atoms with van der Waals surface area (Å²) in [7, 11) is 1.65. The van der Waals surface area contributed by atoms with E-state index in [0.29, 0.717) is 55.6 Å². The highest BCUT2D eigenvalue weighted by atomic mass is 19.3. The van der Waals surface area contributed by atoms with Crippen LogP contribution in [0.3, 0.4) is 0 Å². The number of benzene rings is 2. The highest BCUT2D eigenvalue weighted by Crippen LogP contribution is 2.42. The summed E-state index contributed by atoms with van der Waals surface area (Å²) in [6.07, 6.45) is 0.876. The number of cyclic esters (lactones) is 1. The van der Waals surface area contributed by atoms with Crippen LogP contribution in [0.15, 0.2) is 67.4 Å². The zero-order valence-corrected chi connectivity index (χ0v) is 38.5. The van der Waals surface area contributed by atoms with Crippen molar-refractivity contribution in [1.82, 2.24) is 30.2 Å². The third-order valence-corrected chi connectivity index (χ3v) is 13.0. The van der Waals surface area contributed by atoms with Crippen molar-refractivity contribution < 1.29 is 42.2 Å². The van der Waals surface area contributed by atoms with Gasteiger partial charge in [0.25, 0.3) is 12.3 Å². The Hall–Kier alpha value is -5.51. The van der Waals surface area contributed by atoms with E-state index >= 15 is 0 Å². The number of carbonyl (C=O) groups excluding carboxylic acids is 4. The van der Waals surface area contributed by atoms with Gasteiger partial charge in [0.1, 0.15) is 12.1 Å². The van der Waals surface area contributed by atoms with Crippen LogP contribution in [0.25, 0.3) is 33.3 Å². The number of halogens is 2. The van der Waals surface area contributed by atoms with Crippen LogP contribution in [-0.2, 0) is 52.8 Å². The van der Waals surface area contributed by atoms with Crippen molar-refractivity contribution in [3.8, 4) is 22.4 Å². The predicted octanol–water partition coefficient (Wildman–Crippen LogP) is 7.37. The second kappa shape index (κ2) is 19.9. The molecule has 15 heteroatoms. The maximum absolute atomic E-state index is 14.9. The van der Waals surface area contributed by atoms with Gasteiger partial charge in [0.2, 0.25) is 11.8 Å². The van der Waals surface area contributed by atoms with Crippen LogP contribution in [0.4, 0.5) is 8.78 Å². The van der Waals surface area contributed by atoms with Crippen molar-refractivity contribution in [2.45, 2.75) is 104 Å². The molecule has 2 N–H and O–H groups in total. The zero-order chi connectivity index (χ0) is 46.7. The number of esters is 1. The van der Waals surface area contributed by atoms with E-state index in [1.54, 1.807) is 18.2 Å². The summed E-state index contributed by atoms with van der Waals surface area (Å²) in [6.45, 7) is 17.1. The number of nitrogens with zero attached hydrogens (tertiary/aromatic N) is 4. The number of pyridine rings is 1. The lowest BCUT2D eigenvalue weighted by molar-refractivity contribution is -0.155. The number of likely N-dealkylation sites (tertiary alicyclic amines) is 1. The molecule has 13 nitrogen and oxygen atoms in total. The minimum atomic E-state index is -2.82. The van der Waals surface area contributed by atoms with Gasteiger partial charge in [-0.1, -0.05) is 52.5 Å². The highest BCUT2D eigenvalue weighted by molar-refractivity contribution is 5.95. The van der Waals surface area contributed by atoms with Crippen LogP contribution in [0.1, 0.15) is 89.3 Å². The van der Waals surface area contributed by atoms with Crippen LogP contribution >= 0.6 is 0 Å². The molecule has 65 heavy (non-hydrogen) atoms. The third kappa shape index (κ3) is 10.3. The van der Waals surface area contributed by atoms with Crippen molar-refractivity contribution in [3.63, 3.8) is 0 Å². The molecule has 1 unspecified atom stereocenters. The van der Waals surface area contributed by atoms with Crippen LogP contribution < -0.4 is 10.7 Å². The molecule has 4 atom stereocenters. The Bertz CT molecular complexity index is 2430. The maximum atomic E-state index is 14.9. The Morgan fingerprint density at radius 2 is 1.86 bits per heavy atom. The molecule has 7 rings (SSSR count). The molecule has 348 valence electrons. The predicted molar refractivity (Wildman–Crippen MR) is 243 cm³/mol. The summed E-state index contributed by atoms with van der Waals surface area (Å²) in [5.41, 5.74) is 8.48. The molecule has 6 bridgehead atoms. The molecular formula is C50H62F2N6O7. The molecule has 2 aromatic carbocycles. The number of nitrogens with one attached hydrogen (secondary N) is 2. The van der Waals surface area contributed by atoms with E-state index in [2.05, 4.69) is 28.8 Å². The highest BCUT2D eigenvalue weighted by Gasteiger charge is 2.38. The van der Waals surface area contributed by atoms with E-state index in [-0.39, 0.29) is 55.8 Å². The van der Waals surface area contributed by atoms with E-state index in [9.17, 15) is 28.0 Å². The molecule has 2 aromatic heterocycles. The fraction of sp³-hybridized carbons (Fsp3) is 0.500. The molecule has 0 saturated carbocycles. The summed E-state index contributed by atoms with van der Waals surface area (Å²) in [5, 5.41) is 5.23. The minimum Gasteiger partial charge on any atom is -0.464 e. The van der Waals surface area contributed by atoms with Gasteiger partial charge in [-0.2, -0.15) is 0 Å².